The Morgan fingerprint density at radius 2 is 1.74 bits per heavy atom. The number of aromatic amines is 1. The summed E-state index contributed by atoms with van der Waals surface area (Å²) in [6.07, 6.45) is 5.12. The zero-order chi connectivity index (χ0) is 21.5. The summed E-state index contributed by atoms with van der Waals surface area (Å²) in [5, 5.41) is 11.0. The predicted octanol–water partition coefficient (Wildman–Crippen LogP) is 4.36. The maximum absolute atomic E-state index is 10.4. The van der Waals surface area contributed by atoms with Gasteiger partial charge in [-0.25, -0.2) is 9.98 Å². The van der Waals surface area contributed by atoms with Crippen molar-refractivity contribution in [3.63, 3.8) is 0 Å². The molecule has 0 aliphatic carbocycles. The lowest BCUT2D eigenvalue weighted by Crippen LogP contribution is -2.47. The molecule has 0 amide bonds. The molecule has 31 heavy (non-hydrogen) atoms. The Balaban J connectivity index is 1.32. The number of aliphatic imine (C=N–C) groups is 1. The molecule has 4 heterocycles. The van der Waals surface area contributed by atoms with E-state index in [4.69, 9.17) is 11.6 Å². The molecular formula is C23H23ClN6O. The molecule has 0 atom stereocenters. The molecule has 5 rings (SSSR count). The van der Waals surface area contributed by atoms with E-state index in [0.717, 1.165) is 37.3 Å². The van der Waals surface area contributed by atoms with Crippen LogP contribution in [-0.4, -0.2) is 52.5 Å². The van der Waals surface area contributed by atoms with Crippen molar-refractivity contribution in [1.82, 2.24) is 15.0 Å². The van der Waals surface area contributed by atoms with Crippen molar-refractivity contribution in [2.75, 3.05) is 36.0 Å². The highest BCUT2D eigenvalue weighted by molar-refractivity contribution is 6.31. The first-order chi connectivity index (χ1) is 15.0. The van der Waals surface area contributed by atoms with Crippen molar-refractivity contribution in [3.8, 4) is 5.88 Å². The van der Waals surface area contributed by atoms with E-state index in [-0.39, 0.29) is 5.88 Å². The first kappa shape index (κ1) is 19.6. The van der Waals surface area contributed by atoms with Crippen molar-refractivity contribution in [1.29, 1.82) is 0 Å². The van der Waals surface area contributed by atoms with Gasteiger partial charge in [0.25, 0.3) is 0 Å². The molecule has 0 saturated carbocycles. The highest BCUT2D eigenvalue weighted by Crippen LogP contribution is 2.34. The third-order valence-corrected chi connectivity index (χ3v) is 5.83. The van der Waals surface area contributed by atoms with E-state index in [0.29, 0.717) is 22.5 Å². The lowest BCUT2D eigenvalue weighted by atomic mass is 10.1. The van der Waals surface area contributed by atoms with Gasteiger partial charge in [-0.15, -0.1) is 0 Å². The first-order valence-corrected chi connectivity index (χ1v) is 10.6. The number of hydrogen-bond acceptors (Lipinski definition) is 6. The summed E-state index contributed by atoms with van der Waals surface area (Å²) in [6, 6.07) is 8.48. The van der Waals surface area contributed by atoms with E-state index >= 15 is 0 Å². The third-order valence-electron chi connectivity index (χ3n) is 5.62. The van der Waals surface area contributed by atoms with E-state index in [1.165, 1.54) is 16.8 Å². The van der Waals surface area contributed by atoms with Crippen molar-refractivity contribution >= 4 is 46.9 Å². The number of rotatable bonds is 3. The van der Waals surface area contributed by atoms with Crippen LogP contribution in [0.4, 0.5) is 17.5 Å². The summed E-state index contributed by atoms with van der Waals surface area (Å²) in [5.74, 6) is 1.26. The lowest BCUT2D eigenvalue weighted by Gasteiger charge is -2.36. The number of aryl methyl sites for hydroxylation is 2. The van der Waals surface area contributed by atoms with Gasteiger partial charge < -0.3 is 19.9 Å². The van der Waals surface area contributed by atoms with Crippen LogP contribution in [-0.2, 0) is 0 Å². The molecule has 1 saturated heterocycles. The van der Waals surface area contributed by atoms with E-state index < -0.39 is 0 Å². The number of piperazine rings is 1. The van der Waals surface area contributed by atoms with Gasteiger partial charge in [0.2, 0.25) is 11.8 Å². The highest BCUT2D eigenvalue weighted by Gasteiger charge is 2.22. The molecule has 0 spiro atoms. The summed E-state index contributed by atoms with van der Waals surface area (Å²) >= 11 is 6.08. The Hall–Kier alpha value is -3.32. The smallest absolute Gasteiger partial charge is 0.238 e. The van der Waals surface area contributed by atoms with Gasteiger partial charge in [0.1, 0.15) is 5.69 Å². The standard InChI is InChI=1S/C23H23ClN6O/c1-14-7-15(2)9-18(8-14)29-3-5-30(6-4-29)23-27-20(22(31)28-23)10-16-12-25-21-19(16)11-17(24)13-26-21/h7-13,31H,3-6H2,1-2H3,(H,27,28)/b16-10-. The van der Waals surface area contributed by atoms with Gasteiger partial charge in [-0.2, -0.15) is 4.98 Å². The summed E-state index contributed by atoms with van der Waals surface area (Å²) in [4.78, 5) is 20.7. The van der Waals surface area contributed by atoms with Gasteiger partial charge in [0, 0.05) is 55.4 Å². The van der Waals surface area contributed by atoms with Crippen LogP contribution in [0.3, 0.4) is 0 Å². The van der Waals surface area contributed by atoms with Crippen molar-refractivity contribution in [2.24, 2.45) is 4.99 Å². The minimum Gasteiger partial charge on any atom is -0.492 e. The average molecular weight is 435 g/mol. The average Bonchev–Trinajstić information content (AvgIpc) is 3.31. The lowest BCUT2D eigenvalue weighted by molar-refractivity contribution is 0.455. The Kier molecular flexibility index (Phi) is 4.90. The number of aromatic hydroxyl groups is 1. The fourth-order valence-corrected chi connectivity index (χ4v) is 4.30. The number of pyridine rings is 1. The molecule has 8 heteroatoms. The number of hydrogen-bond donors (Lipinski definition) is 2. The van der Waals surface area contributed by atoms with Crippen LogP contribution in [0.5, 0.6) is 5.88 Å². The zero-order valence-electron chi connectivity index (χ0n) is 17.4. The SMILES string of the molecule is Cc1cc(C)cc(N2CCN(c3nc(O)c(/C=C4/C=Nc5ncc(Cl)cc54)[nH]3)CC2)c1. The molecule has 2 aliphatic heterocycles. The molecule has 3 aromatic rings. The Morgan fingerprint density at radius 3 is 2.48 bits per heavy atom. The summed E-state index contributed by atoms with van der Waals surface area (Å²) in [6.45, 7) is 7.69. The Labute approximate surface area is 185 Å². The minimum absolute atomic E-state index is 0.0314. The number of halogens is 1. The molecule has 0 bridgehead atoms. The second-order valence-corrected chi connectivity index (χ2v) is 8.44. The monoisotopic (exact) mass is 434 g/mol. The fourth-order valence-electron chi connectivity index (χ4n) is 4.14. The predicted molar refractivity (Wildman–Crippen MR) is 126 cm³/mol. The van der Waals surface area contributed by atoms with E-state index in [1.54, 1.807) is 12.4 Å². The number of imidazole rings is 1. The molecular weight excluding hydrogens is 412 g/mol. The first-order valence-electron chi connectivity index (χ1n) is 10.2. The largest absolute Gasteiger partial charge is 0.492 e. The second kappa shape index (κ2) is 7.74. The maximum atomic E-state index is 10.4. The van der Waals surface area contributed by atoms with Crippen LogP contribution in [0.15, 0.2) is 35.5 Å². The number of benzene rings is 1. The van der Waals surface area contributed by atoms with Crippen LogP contribution < -0.4 is 9.80 Å². The van der Waals surface area contributed by atoms with E-state index in [1.807, 2.05) is 12.1 Å². The third kappa shape index (κ3) is 3.88. The fraction of sp³-hybridized carbons (Fsp3) is 0.261. The van der Waals surface area contributed by atoms with Crippen LogP contribution in [0.2, 0.25) is 5.02 Å². The zero-order valence-corrected chi connectivity index (χ0v) is 18.2. The van der Waals surface area contributed by atoms with Gasteiger partial charge in [0.05, 0.1) is 5.02 Å². The highest BCUT2D eigenvalue weighted by atomic mass is 35.5. The molecule has 0 radical (unpaired) electrons. The van der Waals surface area contributed by atoms with Crippen molar-refractivity contribution in [3.05, 3.63) is 57.9 Å². The summed E-state index contributed by atoms with van der Waals surface area (Å²) < 4.78 is 0. The molecule has 2 aromatic heterocycles. The van der Waals surface area contributed by atoms with E-state index in [9.17, 15) is 5.11 Å². The van der Waals surface area contributed by atoms with Crippen LogP contribution >= 0.6 is 11.6 Å². The molecule has 7 nitrogen and oxygen atoms in total. The number of H-pyrrole nitrogens is 1. The molecule has 2 aliphatic rings. The molecule has 1 aromatic carbocycles. The normalized spacial score (nSPS) is 16.9. The molecule has 0 unspecified atom stereocenters. The van der Waals surface area contributed by atoms with Gasteiger partial charge in [-0.3, -0.25) is 0 Å². The maximum Gasteiger partial charge on any atom is 0.238 e. The van der Waals surface area contributed by atoms with Crippen LogP contribution in [0.1, 0.15) is 22.4 Å². The van der Waals surface area contributed by atoms with Crippen molar-refractivity contribution < 1.29 is 5.11 Å². The van der Waals surface area contributed by atoms with Crippen LogP contribution in [0, 0.1) is 13.8 Å². The number of nitrogens with zero attached hydrogens (tertiary/aromatic N) is 5. The second-order valence-electron chi connectivity index (χ2n) is 8.00. The summed E-state index contributed by atoms with van der Waals surface area (Å²) in [5.41, 5.74) is 6.02. The number of allylic oxidation sites excluding steroid dienone is 1. The number of anilines is 2. The number of nitrogens with one attached hydrogen (secondary N) is 1. The molecule has 158 valence electrons. The van der Waals surface area contributed by atoms with Crippen molar-refractivity contribution in [2.45, 2.75) is 13.8 Å². The number of aromatic nitrogens is 3. The van der Waals surface area contributed by atoms with Crippen LogP contribution in [0.25, 0.3) is 11.6 Å². The van der Waals surface area contributed by atoms with E-state index in [2.05, 4.69) is 61.8 Å². The molecule has 1 fully saturated rings. The van der Waals surface area contributed by atoms with Gasteiger partial charge in [-0.05, 0) is 49.2 Å². The topological polar surface area (TPSA) is 80.6 Å². The summed E-state index contributed by atoms with van der Waals surface area (Å²) in [7, 11) is 0. The minimum atomic E-state index is -0.0314. The molecule has 2 N–H and O–H groups in total. The Bertz CT molecular complexity index is 1190. The Morgan fingerprint density at radius 1 is 1.03 bits per heavy atom. The van der Waals surface area contributed by atoms with Gasteiger partial charge >= 0.3 is 0 Å². The quantitative estimate of drug-likeness (QED) is 0.640. The van der Waals surface area contributed by atoms with Gasteiger partial charge in [0.15, 0.2) is 5.82 Å². The van der Waals surface area contributed by atoms with Gasteiger partial charge in [-0.1, -0.05) is 17.7 Å². The number of fused-ring (bicyclic) bond motifs is 1.